The van der Waals surface area contributed by atoms with Crippen molar-refractivity contribution < 1.29 is 38.5 Å². The molecular weight excluding hydrogens is 508 g/mol. The van der Waals surface area contributed by atoms with Crippen molar-refractivity contribution in [1.82, 2.24) is 20.5 Å². The lowest BCUT2D eigenvalue weighted by Crippen LogP contribution is -2.39. The Balaban J connectivity index is 1.15. The maximum atomic E-state index is 12.7. The van der Waals surface area contributed by atoms with Crippen LogP contribution in [0.15, 0.2) is 24.5 Å². The van der Waals surface area contributed by atoms with Crippen LogP contribution in [-0.4, -0.2) is 98.0 Å². The van der Waals surface area contributed by atoms with E-state index in [4.69, 9.17) is 19.3 Å². The zero-order valence-electron chi connectivity index (χ0n) is 22.5. The molecule has 0 aromatic carbocycles. The van der Waals surface area contributed by atoms with Gasteiger partial charge in [-0.15, -0.1) is 0 Å². The van der Waals surface area contributed by atoms with Crippen LogP contribution in [0.4, 0.5) is 0 Å². The Hall–Kier alpha value is -3.09. The molecule has 0 radical (unpaired) electrons. The van der Waals surface area contributed by atoms with Gasteiger partial charge in [0.1, 0.15) is 0 Å². The number of aliphatic carboxylic acids is 1. The quantitative estimate of drug-likeness (QED) is 0.256. The van der Waals surface area contributed by atoms with Crippen LogP contribution >= 0.6 is 0 Å². The summed E-state index contributed by atoms with van der Waals surface area (Å²) in [4.78, 5) is 53.6. The van der Waals surface area contributed by atoms with Gasteiger partial charge in [-0.05, 0) is 37.3 Å². The van der Waals surface area contributed by atoms with Crippen molar-refractivity contribution in [3.05, 3.63) is 30.1 Å². The van der Waals surface area contributed by atoms with Crippen molar-refractivity contribution >= 4 is 23.7 Å². The normalized spacial score (nSPS) is 23.0. The molecule has 1 aliphatic heterocycles. The number of nitrogens with one attached hydrogen (secondary N) is 2. The fourth-order valence-corrected chi connectivity index (χ4v) is 4.98. The third kappa shape index (κ3) is 9.86. The number of likely N-dealkylation sites (tertiary alicyclic amines) is 1. The molecule has 1 aromatic heterocycles. The Morgan fingerprint density at radius 3 is 2.33 bits per heavy atom. The molecule has 2 fully saturated rings. The number of carboxylic acid groups (broad SMARTS) is 1. The highest BCUT2D eigenvalue weighted by Crippen LogP contribution is 2.36. The number of carbonyl (C=O) groups excluding carboxylic acids is 3. The average molecular weight is 549 g/mol. The maximum absolute atomic E-state index is 12.7. The number of hydrogen-bond donors (Lipinski definition) is 3. The predicted octanol–water partition coefficient (Wildman–Crippen LogP) is 0.917. The molecule has 0 bridgehead atoms. The van der Waals surface area contributed by atoms with Gasteiger partial charge in [0.25, 0.3) is 0 Å². The van der Waals surface area contributed by atoms with Crippen molar-refractivity contribution in [2.45, 2.75) is 50.6 Å². The van der Waals surface area contributed by atoms with Crippen LogP contribution in [0.1, 0.15) is 50.1 Å². The molecule has 1 aliphatic carbocycles. The third-order valence-electron chi connectivity index (χ3n) is 7.15. The smallest absolute Gasteiger partial charge is 0.306 e. The van der Waals surface area contributed by atoms with Gasteiger partial charge in [0.05, 0.1) is 57.5 Å². The lowest BCUT2D eigenvalue weighted by Gasteiger charge is -2.26. The predicted molar refractivity (Wildman–Crippen MR) is 139 cm³/mol. The van der Waals surface area contributed by atoms with E-state index in [1.165, 1.54) is 0 Å². The number of pyridine rings is 1. The number of aromatic nitrogens is 1. The van der Waals surface area contributed by atoms with E-state index in [1.807, 2.05) is 6.07 Å². The zero-order valence-corrected chi connectivity index (χ0v) is 22.5. The first-order chi connectivity index (χ1) is 18.9. The van der Waals surface area contributed by atoms with Gasteiger partial charge in [-0.3, -0.25) is 24.2 Å². The summed E-state index contributed by atoms with van der Waals surface area (Å²) in [6.07, 6.45) is 6.34. The number of carbonyl (C=O) groups is 4. The molecule has 2 aliphatic rings. The van der Waals surface area contributed by atoms with Crippen molar-refractivity contribution in [2.24, 2.45) is 11.8 Å². The van der Waals surface area contributed by atoms with Crippen LogP contribution < -0.4 is 10.6 Å². The number of hydrogen-bond acceptors (Lipinski definition) is 8. The van der Waals surface area contributed by atoms with Crippen LogP contribution in [0, 0.1) is 11.8 Å². The maximum Gasteiger partial charge on any atom is 0.306 e. The topological polar surface area (TPSA) is 156 Å². The molecule has 0 spiro atoms. The number of rotatable bonds is 16. The van der Waals surface area contributed by atoms with E-state index in [-0.39, 0.29) is 48.6 Å². The highest BCUT2D eigenvalue weighted by Gasteiger charge is 2.42. The molecule has 1 saturated heterocycles. The Morgan fingerprint density at radius 1 is 1.03 bits per heavy atom. The highest BCUT2D eigenvalue weighted by atomic mass is 16.5. The average Bonchev–Trinajstić information content (AvgIpc) is 3.23. The molecule has 216 valence electrons. The first kappa shape index (κ1) is 30.5. The van der Waals surface area contributed by atoms with Gasteiger partial charge < -0.3 is 34.9 Å². The first-order valence-electron chi connectivity index (χ1n) is 13.6. The molecular formula is C27H40N4O8. The van der Waals surface area contributed by atoms with E-state index in [9.17, 15) is 19.2 Å². The number of amides is 3. The molecule has 0 unspecified atom stereocenters. The summed E-state index contributed by atoms with van der Waals surface area (Å²) in [5, 5.41) is 14.8. The summed E-state index contributed by atoms with van der Waals surface area (Å²) in [6, 6.07) is 3.38. The fourth-order valence-electron chi connectivity index (χ4n) is 4.98. The van der Waals surface area contributed by atoms with Crippen LogP contribution in [0.2, 0.25) is 0 Å². The van der Waals surface area contributed by atoms with Gasteiger partial charge in [-0.2, -0.15) is 0 Å². The first-order valence-corrected chi connectivity index (χ1v) is 13.6. The second-order valence-corrected chi connectivity index (χ2v) is 9.88. The second-order valence-electron chi connectivity index (χ2n) is 9.88. The summed E-state index contributed by atoms with van der Waals surface area (Å²) in [5.41, 5.74) is 0.836. The SMILES string of the molecule is CN1C(=O)C[C@H](C(=O)NCCOCCOCCOCCC(=O)NC2CCC(C(=O)O)CC2)[C@H]1c1cccnc1. The number of ether oxygens (including phenoxy) is 3. The third-order valence-corrected chi connectivity index (χ3v) is 7.15. The molecule has 1 aromatic rings. The van der Waals surface area contributed by atoms with Crippen LogP contribution in [0.25, 0.3) is 0 Å². The monoisotopic (exact) mass is 548 g/mol. The van der Waals surface area contributed by atoms with Crippen molar-refractivity contribution in [3.63, 3.8) is 0 Å². The Morgan fingerprint density at radius 2 is 1.69 bits per heavy atom. The Kier molecular flexibility index (Phi) is 12.6. The molecule has 2 heterocycles. The van der Waals surface area contributed by atoms with Crippen molar-refractivity contribution in [1.29, 1.82) is 0 Å². The number of nitrogens with zero attached hydrogens (tertiary/aromatic N) is 2. The largest absolute Gasteiger partial charge is 0.481 e. The molecule has 3 N–H and O–H groups in total. The lowest BCUT2D eigenvalue weighted by molar-refractivity contribution is -0.143. The van der Waals surface area contributed by atoms with Crippen molar-refractivity contribution in [3.8, 4) is 0 Å². The fraction of sp³-hybridized carbons (Fsp3) is 0.667. The summed E-state index contributed by atoms with van der Waals surface area (Å²) in [7, 11) is 1.71. The van der Waals surface area contributed by atoms with E-state index in [1.54, 1.807) is 30.4 Å². The Labute approximate surface area is 228 Å². The van der Waals surface area contributed by atoms with E-state index in [0.29, 0.717) is 71.9 Å². The van der Waals surface area contributed by atoms with Crippen LogP contribution in [0.5, 0.6) is 0 Å². The van der Waals surface area contributed by atoms with E-state index < -0.39 is 11.9 Å². The van der Waals surface area contributed by atoms with E-state index in [0.717, 1.165) is 5.56 Å². The highest BCUT2D eigenvalue weighted by molar-refractivity contribution is 5.90. The zero-order chi connectivity index (χ0) is 28.0. The Bertz CT molecular complexity index is 939. The molecule has 39 heavy (non-hydrogen) atoms. The molecule has 1 saturated carbocycles. The van der Waals surface area contributed by atoms with Crippen LogP contribution in [0.3, 0.4) is 0 Å². The summed E-state index contributed by atoms with van der Waals surface area (Å²) in [6.45, 7) is 2.43. The van der Waals surface area contributed by atoms with E-state index in [2.05, 4.69) is 15.6 Å². The van der Waals surface area contributed by atoms with Crippen LogP contribution in [-0.2, 0) is 33.4 Å². The minimum atomic E-state index is -0.756. The van der Waals surface area contributed by atoms with Gasteiger partial charge >= 0.3 is 5.97 Å². The van der Waals surface area contributed by atoms with Gasteiger partial charge in [0.2, 0.25) is 17.7 Å². The standard InChI is InChI=1S/C27H40N4O8/c1-31-24(33)17-22(25(31)20-3-2-9-28-18-20)26(34)29-10-12-38-14-16-39-15-13-37-11-8-23(32)30-21-6-4-19(5-7-21)27(35)36/h2-3,9,18-19,21-22,25H,4-8,10-17H2,1H3,(H,29,34)(H,30,32)(H,35,36)/t19?,21?,22-,25+/m0/s1. The summed E-state index contributed by atoms with van der Waals surface area (Å²) < 4.78 is 16.4. The van der Waals surface area contributed by atoms with Gasteiger partial charge in [0, 0.05) is 44.9 Å². The minimum absolute atomic E-state index is 0.0436. The summed E-state index contributed by atoms with van der Waals surface area (Å²) >= 11 is 0. The molecule has 12 heteroatoms. The van der Waals surface area contributed by atoms with E-state index >= 15 is 0 Å². The second kappa shape index (κ2) is 16.1. The molecule has 2 atom stereocenters. The lowest BCUT2D eigenvalue weighted by atomic mass is 9.86. The van der Waals surface area contributed by atoms with Gasteiger partial charge in [-0.1, -0.05) is 6.07 Å². The summed E-state index contributed by atoms with van der Waals surface area (Å²) in [5.74, 6) is -1.86. The number of carboxylic acids is 1. The minimum Gasteiger partial charge on any atom is -0.481 e. The van der Waals surface area contributed by atoms with Gasteiger partial charge in [0.15, 0.2) is 0 Å². The molecule has 12 nitrogen and oxygen atoms in total. The molecule has 3 rings (SSSR count). The van der Waals surface area contributed by atoms with Crippen molar-refractivity contribution in [2.75, 3.05) is 53.2 Å². The van der Waals surface area contributed by atoms with Gasteiger partial charge in [-0.25, -0.2) is 0 Å². The molecule has 3 amide bonds.